The summed E-state index contributed by atoms with van der Waals surface area (Å²) in [5.74, 6) is 0. The molecule has 6 heteroatoms. The van der Waals surface area contributed by atoms with Gasteiger partial charge in [0.25, 0.3) is 0 Å². The van der Waals surface area contributed by atoms with Crippen LogP contribution in [0.25, 0.3) is 0 Å². The number of nitrogens with one attached hydrogen (secondary N) is 1. The van der Waals surface area contributed by atoms with Gasteiger partial charge in [0.05, 0.1) is 17.7 Å². The minimum atomic E-state index is -0.917. The van der Waals surface area contributed by atoms with Crippen LogP contribution in [0.3, 0.4) is 0 Å². The van der Waals surface area contributed by atoms with E-state index in [1.54, 1.807) is 20.8 Å². The standard InChI is InChI=1S/C19H30INO4/c1-12(24-18(2,3)4)15(21-17(23)25-19(5,6)7)16(22)13-9-8-10-14(20)11-13/h8-12,15-16,22H,1-7H3,(H,21,23)/t12?,15-,16?/m0/s1. The lowest BCUT2D eigenvalue weighted by Gasteiger charge is -2.34. The van der Waals surface area contributed by atoms with Crippen LogP contribution in [-0.2, 0) is 9.47 Å². The fourth-order valence-electron chi connectivity index (χ4n) is 2.43. The van der Waals surface area contributed by atoms with Gasteiger partial charge >= 0.3 is 6.09 Å². The maximum absolute atomic E-state index is 12.2. The predicted octanol–water partition coefficient (Wildman–Crippen LogP) is 4.42. The van der Waals surface area contributed by atoms with Gasteiger partial charge in [-0.15, -0.1) is 0 Å². The zero-order valence-corrected chi connectivity index (χ0v) is 18.2. The van der Waals surface area contributed by atoms with Gasteiger partial charge in [0.15, 0.2) is 0 Å². The number of aliphatic hydroxyl groups excluding tert-OH is 1. The summed E-state index contributed by atoms with van der Waals surface area (Å²) in [7, 11) is 0. The summed E-state index contributed by atoms with van der Waals surface area (Å²) < 4.78 is 12.3. The molecule has 0 spiro atoms. The monoisotopic (exact) mass is 463 g/mol. The maximum atomic E-state index is 12.2. The predicted molar refractivity (Wildman–Crippen MR) is 108 cm³/mol. The van der Waals surface area contributed by atoms with Crippen LogP contribution in [0.1, 0.15) is 60.1 Å². The molecule has 0 saturated heterocycles. The number of carbonyl (C=O) groups is 1. The van der Waals surface area contributed by atoms with Gasteiger partial charge in [-0.05, 0) is 88.8 Å². The number of halogens is 1. The van der Waals surface area contributed by atoms with E-state index < -0.39 is 35.5 Å². The normalized spacial score (nSPS) is 16.0. The summed E-state index contributed by atoms with van der Waals surface area (Å²) in [6.45, 7) is 13.0. The van der Waals surface area contributed by atoms with Crippen LogP contribution in [0.2, 0.25) is 0 Å². The average Bonchev–Trinajstić information content (AvgIpc) is 2.40. The number of carbonyl (C=O) groups excluding carboxylic acids is 1. The van der Waals surface area contributed by atoms with Gasteiger partial charge in [-0.2, -0.15) is 0 Å². The van der Waals surface area contributed by atoms with E-state index in [9.17, 15) is 9.90 Å². The quantitative estimate of drug-likeness (QED) is 0.635. The molecular formula is C19H30INO4. The van der Waals surface area contributed by atoms with E-state index in [0.29, 0.717) is 0 Å². The second-order valence-electron chi connectivity index (χ2n) is 8.11. The van der Waals surface area contributed by atoms with Gasteiger partial charge in [-0.3, -0.25) is 0 Å². The van der Waals surface area contributed by atoms with Crippen molar-refractivity contribution in [1.29, 1.82) is 0 Å². The van der Waals surface area contributed by atoms with Crippen LogP contribution in [0, 0.1) is 3.57 Å². The van der Waals surface area contributed by atoms with Gasteiger partial charge in [-0.25, -0.2) is 4.79 Å². The smallest absolute Gasteiger partial charge is 0.408 e. The molecule has 142 valence electrons. The summed E-state index contributed by atoms with van der Waals surface area (Å²) >= 11 is 2.19. The topological polar surface area (TPSA) is 67.8 Å². The molecule has 1 aromatic carbocycles. The molecule has 0 fully saturated rings. The molecule has 2 N–H and O–H groups in total. The van der Waals surface area contributed by atoms with Gasteiger partial charge in [-0.1, -0.05) is 12.1 Å². The number of hydrogen-bond acceptors (Lipinski definition) is 4. The first-order valence-electron chi connectivity index (χ1n) is 8.39. The number of benzene rings is 1. The third kappa shape index (κ3) is 8.37. The van der Waals surface area contributed by atoms with Gasteiger partial charge in [0, 0.05) is 3.57 Å². The largest absolute Gasteiger partial charge is 0.444 e. The highest BCUT2D eigenvalue weighted by atomic mass is 127. The molecule has 1 amide bonds. The molecule has 2 unspecified atom stereocenters. The summed E-state index contributed by atoms with van der Waals surface area (Å²) in [6.07, 6.45) is -1.91. The number of aliphatic hydroxyl groups is 1. The number of ether oxygens (including phenoxy) is 2. The third-order valence-corrected chi connectivity index (χ3v) is 3.93. The second-order valence-corrected chi connectivity index (χ2v) is 9.35. The van der Waals surface area contributed by atoms with Crippen molar-refractivity contribution >= 4 is 28.7 Å². The highest BCUT2D eigenvalue weighted by molar-refractivity contribution is 14.1. The van der Waals surface area contributed by atoms with Crippen molar-refractivity contribution in [3.8, 4) is 0 Å². The van der Waals surface area contributed by atoms with Crippen molar-refractivity contribution in [1.82, 2.24) is 5.32 Å². The Labute approximate surface area is 164 Å². The molecule has 0 heterocycles. The van der Waals surface area contributed by atoms with Crippen LogP contribution in [0.4, 0.5) is 4.79 Å². The average molecular weight is 463 g/mol. The molecule has 0 bridgehead atoms. The highest BCUT2D eigenvalue weighted by Crippen LogP contribution is 2.25. The summed E-state index contributed by atoms with van der Waals surface area (Å²) in [6, 6.07) is 6.90. The van der Waals surface area contributed by atoms with E-state index in [2.05, 4.69) is 27.9 Å². The van der Waals surface area contributed by atoms with E-state index in [0.717, 1.165) is 9.13 Å². The van der Waals surface area contributed by atoms with E-state index in [-0.39, 0.29) is 0 Å². The summed E-state index contributed by atoms with van der Waals surface area (Å²) in [5.41, 5.74) is -0.300. The van der Waals surface area contributed by atoms with Crippen LogP contribution in [0.5, 0.6) is 0 Å². The van der Waals surface area contributed by atoms with Crippen LogP contribution >= 0.6 is 22.6 Å². The van der Waals surface area contributed by atoms with Crippen LogP contribution in [-0.4, -0.2) is 34.5 Å². The molecule has 0 aromatic heterocycles. The Hall–Kier alpha value is -0.860. The van der Waals surface area contributed by atoms with Crippen molar-refractivity contribution in [2.24, 2.45) is 0 Å². The Balaban J connectivity index is 3.03. The first-order valence-corrected chi connectivity index (χ1v) is 9.47. The summed E-state index contributed by atoms with van der Waals surface area (Å²) in [4.78, 5) is 12.2. The van der Waals surface area contributed by atoms with E-state index >= 15 is 0 Å². The molecule has 0 aliphatic carbocycles. The lowest BCUT2D eigenvalue weighted by atomic mass is 9.98. The zero-order chi connectivity index (χ0) is 19.4. The van der Waals surface area contributed by atoms with E-state index in [4.69, 9.17) is 9.47 Å². The molecule has 0 aliphatic heterocycles. The molecule has 25 heavy (non-hydrogen) atoms. The lowest BCUT2D eigenvalue weighted by molar-refractivity contribution is -0.0861. The Bertz CT molecular complexity index is 578. The van der Waals surface area contributed by atoms with Crippen LogP contribution < -0.4 is 5.32 Å². The Morgan fingerprint density at radius 2 is 1.76 bits per heavy atom. The molecule has 5 nitrogen and oxygen atoms in total. The summed E-state index contributed by atoms with van der Waals surface area (Å²) in [5, 5.41) is 13.6. The molecule has 0 radical (unpaired) electrons. The maximum Gasteiger partial charge on any atom is 0.408 e. The molecule has 0 aliphatic rings. The van der Waals surface area contributed by atoms with Crippen molar-refractivity contribution in [3.63, 3.8) is 0 Å². The number of rotatable bonds is 5. The van der Waals surface area contributed by atoms with Crippen LogP contribution in [0.15, 0.2) is 24.3 Å². The molecule has 1 rings (SSSR count). The second kappa shape index (κ2) is 8.68. The minimum Gasteiger partial charge on any atom is -0.444 e. The first-order chi connectivity index (χ1) is 11.3. The Morgan fingerprint density at radius 3 is 2.24 bits per heavy atom. The number of amides is 1. The van der Waals surface area contributed by atoms with E-state index in [1.807, 2.05) is 52.0 Å². The number of alkyl carbamates (subject to hydrolysis) is 1. The van der Waals surface area contributed by atoms with Gasteiger partial charge < -0.3 is 19.9 Å². The molecule has 3 atom stereocenters. The highest BCUT2D eigenvalue weighted by Gasteiger charge is 2.33. The van der Waals surface area contributed by atoms with Crippen molar-refractivity contribution in [3.05, 3.63) is 33.4 Å². The fraction of sp³-hybridized carbons (Fsp3) is 0.632. The lowest BCUT2D eigenvalue weighted by Crippen LogP contribution is -2.50. The van der Waals surface area contributed by atoms with Gasteiger partial charge in [0.2, 0.25) is 0 Å². The Kier molecular flexibility index (Phi) is 7.71. The molecule has 0 saturated carbocycles. The Morgan fingerprint density at radius 1 is 1.16 bits per heavy atom. The number of hydrogen-bond donors (Lipinski definition) is 2. The fourth-order valence-corrected chi connectivity index (χ4v) is 2.99. The first kappa shape index (κ1) is 22.2. The SMILES string of the molecule is CC(OC(C)(C)C)[C@H](NC(=O)OC(C)(C)C)C(O)c1cccc(I)c1. The third-order valence-electron chi connectivity index (χ3n) is 3.26. The molecular weight excluding hydrogens is 433 g/mol. The van der Waals surface area contributed by atoms with Crippen molar-refractivity contribution in [2.45, 2.75) is 77.9 Å². The minimum absolute atomic E-state index is 0.405. The van der Waals surface area contributed by atoms with Crippen molar-refractivity contribution < 1.29 is 19.4 Å². The van der Waals surface area contributed by atoms with Crippen molar-refractivity contribution in [2.75, 3.05) is 0 Å². The van der Waals surface area contributed by atoms with E-state index in [1.165, 1.54) is 0 Å². The zero-order valence-electron chi connectivity index (χ0n) is 16.1. The molecule has 1 aromatic rings. The van der Waals surface area contributed by atoms with Gasteiger partial charge in [0.1, 0.15) is 11.7 Å².